The van der Waals surface area contributed by atoms with Gasteiger partial charge in [0.2, 0.25) is 5.91 Å². The number of hydrogen-bond donors (Lipinski definition) is 2. The summed E-state index contributed by atoms with van der Waals surface area (Å²) in [6, 6.07) is 8.06. The fraction of sp³-hybridized carbons (Fsp3) is 0.381. The molecule has 0 bridgehead atoms. The Bertz CT molecular complexity index is 1030. The molecular weight excluding hydrogens is 388 g/mol. The molecule has 1 aromatic carbocycles. The van der Waals surface area contributed by atoms with Crippen molar-refractivity contribution in [3.63, 3.8) is 0 Å². The highest BCUT2D eigenvalue weighted by molar-refractivity contribution is 7.99. The van der Waals surface area contributed by atoms with E-state index in [0.717, 1.165) is 28.6 Å². The predicted molar refractivity (Wildman–Crippen MR) is 117 cm³/mol. The largest absolute Gasteiger partial charge is 0.383 e. The fourth-order valence-corrected chi connectivity index (χ4v) is 5.78. The summed E-state index contributed by atoms with van der Waals surface area (Å²) in [6.07, 6.45) is 4.61. The first-order valence-corrected chi connectivity index (χ1v) is 11.4. The molecule has 0 saturated carbocycles. The first kappa shape index (κ1) is 19.2. The Morgan fingerprint density at radius 3 is 2.89 bits per heavy atom. The second-order valence-corrected chi connectivity index (χ2v) is 9.24. The van der Waals surface area contributed by atoms with Gasteiger partial charge in [-0.25, -0.2) is 9.97 Å². The molecule has 28 heavy (non-hydrogen) atoms. The number of thiophene rings is 1. The van der Waals surface area contributed by atoms with Crippen molar-refractivity contribution in [1.82, 2.24) is 15.3 Å². The van der Waals surface area contributed by atoms with Gasteiger partial charge in [0.1, 0.15) is 10.6 Å². The third-order valence-electron chi connectivity index (χ3n) is 5.19. The van der Waals surface area contributed by atoms with Crippen molar-refractivity contribution in [2.75, 3.05) is 11.5 Å². The molecule has 2 aromatic heterocycles. The van der Waals surface area contributed by atoms with E-state index in [4.69, 9.17) is 5.73 Å². The molecule has 0 radical (unpaired) electrons. The van der Waals surface area contributed by atoms with Gasteiger partial charge in [-0.1, -0.05) is 36.0 Å². The molecule has 3 aromatic rings. The predicted octanol–water partition coefficient (Wildman–Crippen LogP) is 4.43. The van der Waals surface area contributed by atoms with Crippen LogP contribution in [0.3, 0.4) is 0 Å². The second kappa shape index (κ2) is 8.09. The maximum atomic E-state index is 12.4. The smallest absolute Gasteiger partial charge is 0.230 e. The molecule has 1 aliphatic carbocycles. The molecule has 146 valence electrons. The molecule has 3 N–H and O–H groups in total. The topological polar surface area (TPSA) is 80.9 Å². The maximum absolute atomic E-state index is 12.4. The lowest BCUT2D eigenvalue weighted by atomic mass is 9.97. The van der Waals surface area contributed by atoms with Crippen LogP contribution in [0.2, 0.25) is 0 Å². The number of amides is 1. The number of nitrogens with two attached hydrogens (primary N) is 1. The van der Waals surface area contributed by atoms with Crippen LogP contribution in [0.5, 0.6) is 0 Å². The van der Waals surface area contributed by atoms with Crippen molar-refractivity contribution >= 4 is 45.0 Å². The molecule has 1 aliphatic rings. The summed E-state index contributed by atoms with van der Waals surface area (Å²) in [4.78, 5) is 23.9. The number of carbonyl (C=O) groups excluding carboxylic acids is 1. The van der Waals surface area contributed by atoms with Crippen LogP contribution in [0.1, 0.15) is 47.4 Å². The van der Waals surface area contributed by atoms with Gasteiger partial charge in [-0.3, -0.25) is 4.79 Å². The van der Waals surface area contributed by atoms with Crippen LogP contribution in [0.25, 0.3) is 10.2 Å². The van der Waals surface area contributed by atoms with E-state index in [1.54, 1.807) is 11.3 Å². The zero-order valence-electron chi connectivity index (χ0n) is 16.1. The number of aryl methyl sites for hydroxylation is 3. The zero-order chi connectivity index (χ0) is 19.7. The van der Waals surface area contributed by atoms with E-state index in [1.165, 1.54) is 40.6 Å². The molecule has 0 fully saturated rings. The van der Waals surface area contributed by atoms with Gasteiger partial charge >= 0.3 is 0 Å². The van der Waals surface area contributed by atoms with E-state index in [9.17, 15) is 4.79 Å². The van der Waals surface area contributed by atoms with Crippen LogP contribution in [0.4, 0.5) is 5.82 Å². The van der Waals surface area contributed by atoms with Gasteiger partial charge < -0.3 is 11.1 Å². The van der Waals surface area contributed by atoms with Gasteiger partial charge in [0, 0.05) is 4.88 Å². The van der Waals surface area contributed by atoms with Crippen LogP contribution in [0, 0.1) is 6.92 Å². The van der Waals surface area contributed by atoms with Crippen molar-refractivity contribution in [1.29, 1.82) is 0 Å². The Morgan fingerprint density at radius 2 is 2.07 bits per heavy atom. The van der Waals surface area contributed by atoms with E-state index in [0.29, 0.717) is 11.0 Å². The first-order chi connectivity index (χ1) is 13.5. The molecule has 0 aliphatic heterocycles. The van der Waals surface area contributed by atoms with Crippen molar-refractivity contribution in [3.05, 3.63) is 45.8 Å². The number of benzene rings is 1. The Hall–Kier alpha value is -2.12. The summed E-state index contributed by atoms with van der Waals surface area (Å²) < 4.78 is 0. The number of aromatic nitrogens is 2. The third kappa shape index (κ3) is 3.86. The minimum atomic E-state index is -0.0354. The molecule has 2 heterocycles. The summed E-state index contributed by atoms with van der Waals surface area (Å²) in [6.45, 7) is 4.06. The monoisotopic (exact) mass is 412 g/mol. The van der Waals surface area contributed by atoms with E-state index in [-0.39, 0.29) is 17.7 Å². The average Bonchev–Trinajstić information content (AvgIpc) is 3.05. The van der Waals surface area contributed by atoms with Crippen molar-refractivity contribution in [2.45, 2.75) is 50.7 Å². The number of fused-ring (bicyclic) bond motifs is 3. The van der Waals surface area contributed by atoms with Gasteiger partial charge in [0.15, 0.2) is 5.16 Å². The van der Waals surface area contributed by atoms with Crippen LogP contribution in [-0.2, 0) is 17.6 Å². The Labute approximate surface area is 173 Å². The lowest BCUT2D eigenvalue weighted by molar-refractivity contribution is -0.119. The van der Waals surface area contributed by atoms with E-state index in [1.807, 2.05) is 25.1 Å². The fourth-order valence-electron chi connectivity index (χ4n) is 3.79. The Morgan fingerprint density at radius 1 is 1.29 bits per heavy atom. The van der Waals surface area contributed by atoms with Crippen LogP contribution < -0.4 is 11.1 Å². The van der Waals surface area contributed by atoms with Crippen LogP contribution in [0.15, 0.2) is 29.4 Å². The Balaban J connectivity index is 1.44. The second-order valence-electron chi connectivity index (χ2n) is 7.22. The van der Waals surface area contributed by atoms with E-state index >= 15 is 0 Å². The number of nitrogens with zero attached hydrogens (tertiary/aromatic N) is 2. The van der Waals surface area contributed by atoms with Crippen molar-refractivity contribution in [2.24, 2.45) is 0 Å². The standard InChI is InChI=1S/C21H24N4OS2/c1-12-7-3-4-8-14(12)13(2)23-17(26)11-27-21-24-19(22)18-15-9-5-6-10-16(15)28-20(18)25-21/h3-4,7-8,13H,5-6,9-11H2,1-2H3,(H,23,26)(H2,22,24,25). The first-order valence-electron chi connectivity index (χ1n) is 9.58. The highest BCUT2D eigenvalue weighted by Crippen LogP contribution is 2.38. The molecule has 7 heteroatoms. The van der Waals surface area contributed by atoms with Gasteiger partial charge in [-0.15, -0.1) is 11.3 Å². The zero-order valence-corrected chi connectivity index (χ0v) is 17.8. The average molecular weight is 413 g/mol. The lowest BCUT2D eigenvalue weighted by Gasteiger charge is -2.16. The molecule has 0 saturated heterocycles. The van der Waals surface area contributed by atoms with Gasteiger partial charge in [0.05, 0.1) is 17.2 Å². The molecule has 4 rings (SSSR count). The third-order valence-corrected chi connectivity index (χ3v) is 7.22. The maximum Gasteiger partial charge on any atom is 0.230 e. The van der Waals surface area contributed by atoms with Crippen molar-refractivity contribution < 1.29 is 4.79 Å². The van der Waals surface area contributed by atoms with Gasteiger partial charge in [0.25, 0.3) is 0 Å². The van der Waals surface area contributed by atoms with Gasteiger partial charge in [-0.05, 0) is 56.2 Å². The molecule has 5 nitrogen and oxygen atoms in total. The normalized spacial score (nSPS) is 14.6. The summed E-state index contributed by atoms with van der Waals surface area (Å²) in [5, 5.41) is 4.66. The van der Waals surface area contributed by atoms with Crippen LogP contribution in [-0.4, -0.2) is 21.6 Å². The summed E-state index contributed by atoms with van der Waals surface area (Å²) in [5.74, 6) is 0.779. The molecule has 0 spiro atoms. The number of nitrogens with one attached hydrogen (secondary N) is 1. The quantitative estimate of drug-likeness (QED) is 0.479. The Kier molecular flexibility index (Phi) is 5.55. The number of carbonyl (C=O) groups is 1. The van der Waals surface area contributed by atoms with Crippen LogP contribution >= 0.6 is 23.1 Å². The number of rotatable bonds is 5. The minimum Gasteiger partial charge on any atom is -0.383 e. The molecular formula is C21H24N4OS2. The minimum absolute atomic E-state index is 0.0338. The number of thioether (sulfide) groups is 1. The summed E-state index contributed by atoms with van der Waals surface area (Å²) >= 11 is 3.06. The van der Waals surface area contributed by atoms with E-state index in [2.05, 4.69) is 28.3 Å². The summed E-state index contributed by atoms with van der Waals surface area (Å²) in [7, 11) is 0. The number of hydrogen-bond acceptors (Lipinski definition) is 6. The lowest BCUT2D eigenvalue weighted by Crippen LogP contribution is -2.28. The highest BCUT2D eigenvalue weighted by Gasteiger charge is 2.20. The summed E-state index contributed by atoms with van der Waals surface area (Å²) in [5.41, 5.74) is 9.89. The van der Waals surface area contributed by atoms with Gasteiger partial charge in [-0.2, -0.15) is 0 Å². The number of nitrogen functional groups attached to an aromatic ring is 1. The van der Waals surface area contributed by atoms with Crippen molar-refractivity contribution in [3.8, 4) is 0 Å². The molecule has 1 amide bonds. The van der Waals surface area contributed by atoms with E-state index < -0.39 is 0 Å². The SMILES string of the molecule is Cc1ccccc1C(C)NC(=O)CSc1nc(N)c2c3c(sc2n1)CCCC3. The molecule has 1 unspecified atom stereocenters. The highest BCUT2D eigenvalue weighted by atomic mass is 32.2. The molecule has 1 atom stereocenters. The number of anilines is 1.